The van der Waals surface area contributed by atoms with Crippen molar-refractivity contribution in [2.75, 3.05) is 6.54 Å². The van der Waals surface area contributed by atoms with Gasteiger partial charge in [-0.1, -0.05) is 36.1 Å². The number of nitrogens with one attached hydrogen (secondary N) is 1. The van der Waals surface area contributed by atoms with Crippen LogP contribution < -0.4 is 5.32 Å². The summed E-state index contributed by atoms with van der Waals surface area (Å²) < 4.78 is 0. The quantitative estimate of drug-likeness (QED) is 0.380. The molecular formula is C22H18N2O2. The van der Waals surface area contributed by atoms with E-state index in [-0.39, 0.29) is 12.3 Å². The topological polar surface area (TPSA) is 58.5 Å². The maximum Gasteiger partial charge on any atom is 0.237 e. The monoisotopic (exact) mass is 342 g/mol. The number of Topliss-reactive ketones (excluding diaryl/α,β-unsaturated/α-hetero) is 1. The summed E-state index contributed by atoms with van der Waals surface area (Å²) in [4.78, 5) is 29.5. The van der Waals surface area contributed by atoms with Gasteiger partial charge in [0.2, 0.25) is 5.91 Å². The average Bonchev–Trinajstić information content (AvgIpc) is 2.67. The second-order valence-corrected chi connectivity index (χ2v) is 5.55. The van der Waals surface area contributed by atoms with Gasteiger partial charge >= 0.3 is 0 Å². The van der Waals surface area contributed by atoms with Crippen LogP contribution >= 0.6 is 0 Å². The molecule has 0 aromatic heterocycles. The molecule has 0 saturated carbocycles. The minimum atomic E-state index is -1.07. The maximum absolute atomic E-state index is 12.9. The Balaban J connectivity index is 2.31. The minimum absolute atomic E-state index is 0.0427. The molecule has 4 nitrogen and oxygen atoms in total. The molecule has 1 unspecified atom stereocenters. The highest BCUT2D eigenvalue weighted by molar-refractivity contribution is 6.20. The van der Waals surface area contributed by atoms with Gasteiger partial charge < -0.3 is 5.32 Å². The molecule has 0 bridgehead atoms. The normalized spacial score (nSPS) is 11.3. The zero-order valence-electron chi connectivity index (χ0n) is 14.4. The summed E-state index contributed by atoms with van der Waals surface area (Å²) in [5.41, 5.74) is 2.58. The van der Waals surface area contributed by atoms with Crippen LogP contribution in [0.25, 0.3) is 0 Å². The third-order valence-corrected chi connectivity index (χ3v) is 3.75. The highest BCUT2D eigenvalue weighted by Gasteiger charge is 2.26. The van der Waals surface area contributed by atoms with E-state index in [4.69, 9.17) is 12.8 Å². The first-order valence-corrected chi connectivity index (χ1v) is 7.98. The van der Waals surface area contributed by atoms with Crippen molar-refractivity contribution in [2.24, 2.45) is 10.9 Å². The first kappa shape index (κ1) is 18.7. The molecule has 128 valence electrons. The molecule has 0 fully saturated rings. The average molecular weight is 342 g/mol. The van der Waals surface area contributed by atoms with Crippen LogP contribution in [0.1, 0.15) is 21.5 Å². The smallest absolute Gasteiger partial charge is 0.237 e. The second-order valence-electron chi connectivity index (χ2n) is 5.55. The largest absolute Gasteiger partial charge is 0.344 e. The van der Waals surface area contributed by atoms with Crippen molar-refractivity contribution < 1.29 is 9.59 Å². The van der Waals surface area contributed by atoms with Gasteiger partial charge in [0.25, 0.3) is 0 Å². The van der Waals surface area contributed by atoms with Crippen molar-refractivity contribution >= 4 is 23.6 Å². The highest BCUT2D eigenvalue weighted by Crippen LogP contribution is 2.16. The van der Waals surface area contributed by atoms with E-state index >= 15 is 0 Å². The molecule has 0 aliphatic carbocycles. The molecule has 2 rings (SSSR count). The molecule has 0 saturated heterocycles. The van der Waals surface area contributed by atoms with Gasteiger partial charge in [-0.05, 0) is 36.8 Å². The van der Waals surface area contributed by atoms with Crippen molar-refractivity contribution in [2.45, 2.75) is 6.92 Å². The van der Waals surface area contributed by atoms with E-state index in [0.717, 1.165) is 11.1 Å². The lowest BCUT2D eigenvalue weighted by Gasteiger charge is -2.12. The predicted molar refractivity (Wildman–Crippen MR) is 103 cm³/mol. The number of hydrogen-bond acceptors (Lipinski definition) is 3. The van der Waals surface area contributed by atoms with Crippen LogP contribution in [0, 0.1) is 37.5 Å². The van der Waals surface area contributed by atoms with Gasteiger partial charge in [-0.3, -0.25) is 14.6 Å². The number of hydrogen-bond donors (Lipinski definition) is 1. The molecule has 0 heterocycles. The van der Waals surface area contributed by atoms with Crippen LogP contribution in [0.2, 0.25) is 0 Å². The summed E-state index contributed by atoms with van der Waals surface area (Å²) in [6.45, 7) is 1.86. The Morgan fingerprint density at radius 1 is 1.15 bits per heavy atom. The first-order chi connectivity index (χ1) is 12.6. The van der Waals surface area contributed by atoms with Crippen molar-refractivity contribution in [3.63, 3.8) is 0 Å². The van der Waals surface area contributed by atoms with E-state index in [1.54, 1.807) is 36.4 Å². The van der Waals surface area contributed by atoms with Gasteiger partial charge in [-0.2, -0.15) is 0 Å². The van der Waals surface area contributed by atoms with Crippen LogP contribution in [0.4, 0.5) is 5.69 Å². The van der Waals surface area contributed by atoms with Gasteiger partial charge in [0.1, 0.15) is 5.92 Å². The first-order valence-electron chi connectivity index (χ1n) is 7.98. The number of benzene rings is 2. The Morgan fingerprint density at radius 3 is 2.46 bits per heavy atom. The van der Waals surface area contributed by atoms with Crippen molar-refractivity contribution in [3.8, 4) is 24.7 Å². The van der Waals surface area contributed by atoms with E-state index < -0.39 is 11.8 Å². The molecule has 2 aromatic carbocycles. The number of nitrogens with zero attached hydrogens (tertiary/aromatic N) is 1. The van der Waals surface area contributed by atoms with Crippen LogP contribution in [0.15, 0.2) is 53.5 Å². The SMILES string of the molecule is C#CCNC(=O)C(C=Nc1ccc(C#C)cc1)C(=O)c1ccccc1C. The predicted octanol–water partition coefficient (Wildman–Crippen LogP) is 2.93. The number of aryl methyl sites for hydroxylation is 1. The van der Waals surface area contributed by atoms with Crippen LogP contribution in [-0.2, 0) is 4.79 Å². The van der Waals surface area contributed by atoms with E-state index in [0.29, 0.717) is 11.3 Å². The Labute approximate surface area is 153 Å². The Bertz CT molecular complexity index is 912. The maximum atomic E-state index is 12.9. The zero-order valence-corrected chi connectivity index (χ0v) is 14.4. The zero-order chi connectivity index (χ0) is 18.9. The number of ketones is 1. The third-order valence-electron chi connectivity index (χ3n) is 3.75. The lowest BCUT2D eigenvalue weighted by Crippen LogP contribution is -2.36. The van der Waals surface area contributed by atoms with Gasteiger partial charge in [-0.15, -0.1) is 12.8 Å². The van der Waals surface area contributed by atoms with Crippen LogP contribution in [-0.4, -0.2) is 24.4 Å². The fraction of sp³-hybridized carbons (Fsp3) is 0.136. The lowest BCUT2D eigenvalue weighted by atomic mass is 9.94. The Morgan fingerprint density at radius 2 is 1.85 bits per heavy atom. The molecule has 4 heteroatoms. The summed E-state index contributed by atoms with van der Waals surface area (Å²) >= 11 is 0. The number of amides is 1. The fourth-order valence-electron chi connectivity index (χ4n) is 2.32. The van der Waals surface area contributed by atoms with Crippen LogP contribution in [0.3, 0.4) is 0 Å². The molecule has 26 heavy (non-hydrogen) atoms. The molecule has 0 aliphatic rings. The van der Waals surface area contributed by atoms with Gasteiger partial charge in [0.15, 0.2) is 5.78 Å². The lowest BCUT2D eigenvalue weighted by molar-refractivity contribution is -0.121. The number of rotatable bonds is 6. The summed E-state index contributed by atoms with van der Waals surface area (Å²) in [6, 6.07) is 14.0. The molecule has 0 aliphatic heterocycles. The van der Waals surface area contributed by atoms with Gasteiger partial charge in [0.05, 0.1) is 12.2 Å². The molecule has 1 N–H and O–H groups in total. The van der Waals surface area contributed by atoms with E-state index in [2.05, 4.69) is 22.2 Å². The molecular weight excluding hydrogens is 324 g/mol. The van der Waals surface area contributed by atoms with Crippen molar-refractivity contribution in [3.05, 3.63) is 65.2 Å². The number of aliphatic imine (C=N–C) groups is 1. The molecule has 0 spiro atoms. The molecule has 1 amide bonds. The Kier molecular flexibility index (Phi) is 6.48. The second kappa shape index (κ2) is 9.01. The summed E-state index contributed by atoms with van der Waals surface area (Å²) in [6.07, 6.45) is 11.8. The molecule has 0 radical (unpaired) electrons. The number of terminal acetylenes is 2. The number of carbonyl (C=O) groups excluding carboxylic acids is 2. The third kappa shape index (κ3) is 4.69. The van der Waals surface area contributed by atoms with Crippen molar-refractivity contribution in [1.29, 1.82) is 0 Å². The molecule has 1 atom stereocenters. The fourth-order valence-corrected chi connectivity index (χ4v) is 2.32. The van der Waals surface area contributed by atoms with E-state index in [1.165, 1.54) is 6.21 Å². The summed E-state index contributed by atoms with van der Waals surface area (Å²) in [5, 5.41) is 2.54. The van der Waals surface area contributed by atoms with Crippen LogP contribution in [0.5, 0.6) is 0 Å². The van der Waals surface area contributed by atoms with Gasteiger partial charge in [0, 0.05) is 17.3 Å². The highest BCUT2D eigenvalue weighted by atomic mass is 16.2. The van der Waals surface area contributed by atoms with Gasteiger partial charge in [-0.25, -0.2) is 0 Å². The summed E-state index contributed by atoms with van der Waals surface area (Å²) in [7, 11) is 0. The van der Waals surface area contributed by atoms with Crippen molar-refractivity contribution in [1.82, 2.24) is 5.32 Å². The Hall–Kier alpha value is -3.63. The molecule has 2 aromatic rings. The van der Waals surface area contributed by atoms with E-state index in [1.807, 2.05) is 19.1 Å². The van der Waals surface area contributed by atoms with E-state index in [9.17, 15) is 9.59 Å². The number of carbonyl (C=O) groups is 2. The summed E-state index contributed by atoms with van der Waals surface area (Å²) in [5.74, 6) is 2.95. The minimum Gasteiger partial charge on any atom is -0.344 e. The standard InChI is InChI=1S/C22H18N2O2/c1-4-14-23-22(26)20(21(25)19-9-7-6-8-16(19)3)15-24-18-12-10-17(5-2)11-13-18/h1-2,6-13,15,20H,14H2,3H3,(H,23,26).